The summed E-state index contributed by atoms with van der Waals surface area (Å²) in [4.78, 5) is 18.3. The van der Waals surface area contributed by atoms with Crippen molar-refractivity contribution in [2.45, 2.75) is 5.37 Å². The first-order chi connectivity index (χ1) is 9.77. The van der Waals surface area contributed by atoms with E-state index in [1.165, 1.54) is 12.1 Å². The summed E-state index contributed by atoms with van der Waals surface area (Å²) in [6.07, 6.45) is 3.46. The summed E-state index contributed by atoms with van der Waals surface area (Å²) >= 11 is 1.68. The molecule has 1 unspecified atom stereocenters. The number of hydrogen-bond donors (Lipinski definition) is 0. The average Bonchev–Trinajstić information content (AvgIpc) is 2.97. The van der Waals surface area contributed by atoms with Crippen LogP contribution >= 0.6 is 11.8 Å². The Hall–Kier alpha value is -1.88. The van der Waals surface area contributed by atoms with Gasteiger partial charge >= 0.3 is 0 Å². The zero-order valence-corrected chi connectivity index (χ0v) is 11.5. The first-order valence-corrected chi connectivity index (χ1v) is 7.39. The fraction of sp³-hybridized carbons (Fsp3) is 0.200. The Labute approximate surface area is 120 Å². The van der Waals surface area contributed by atoms with Crippen molar-refractivity contribution in [1.82, 2.24) is 9.88 Å². The smallest absolute Gasteiger partial charge is 0.258 e. The second kappa shape index (κ2) is 5.63. The number of carbonyl (C=O) groups is 1. The summed E-state index contributed by atoms with van der Waals surface area (Å²) in [6, 6.07) is 9.90. The van der Waals surface area contributed by atoms with Gasteiger partial charge < -0.3 is 4.90 Å². The first kappa shape index (κ1) is 13.1. The van der Waals surface area contributed by atoms with Crippen molar-refractivity contribution in [3.63, 3.8) is 0 Å². The zero-order valence-electron chi connectivity index (χ0n) is 10.7. The molecule has 1 aromatic carbocycles. The number of benzene rings is 1. The summed E-state index contributed by atoms with van der Waals surface area (Å²) in [6.45, 7) is 0.622. The van der Waals surface area contributed by atoms with Crippen molar-refractivity contribution < 1.29 is 9.18 Å². The SMILES string of the molecule is O=C(c1ccccc1F)N1CCSC1c1cccnc1. The molecule has 1 aliphatic rings. The molecule has 0 saturated carbocycles. The van der Waals surface area contributed by atoms with Crippen LogP contribution in [0.1, 0.15) is 21.3 Å². The monoisotopic (exact) mass is 288 g/mol. The van der Waals surface area contributed by atoms with E-state index in [0.29, 0.717) is 6.54 Å². The molecule has 3 nitrogen and oxygen atoms in total. The van der Waals surface area contributed by atoms with Crippen LogP contribution in [0.3, 0.4) is 0 Å². The molecule has 0 spiro atoms. The third-order valence-corrected chi connectivity index (χ3v) is 4.49. The molecule has 1 aliphatic heterocycles. The molecule has 102 valence electrons. The van der Waals surface area contributed by atoms with Crippen molar-refractivity contribution in [2.24, 2.45) is 0 Å². The van der Waals surface area contributed by atoms with Crippen LogP contribution in [-0.4, -0.2) is 28.1 Å². The maximum Gasteiger partial charge on any atom is 0.258 e. The number of aromatic nitrogens is 1. The molecular formula is C15H13FN2OS. The van der Waals surface area contributed by atoms with Gasteiger partial charge in [-0.15, -0.1) is 11.8 Å². The fourth-order valence-corrected chi connectivity index (χ4v) is 3.50. The molecule has 1 saturated heterocycles. The van der Waals surface area contributed by atoms with Gasteiger partial charge in [-0.25, -0.2) is 4.39 Å². The number of hydrogen-bond acceptors (Lipinski definition) is 3. The van der Waals surface area contributed by atoms with Crippen LogP contribution in [-0.2, 0) is 0 Å². The van der Waals surface area contributed by atoms with E-state index in [2.05, 4.69) is 4.98 Å². The molecule has 1 aromatic heterocycles. The Morgan fingerprint density at radius 2 is 2.15 bits per heavy atom. The third kappa shape index (κ3) is 2.41. The van der Waals surface area contributed by atoms with Crippen molar-refractivity contribution in [2.75, 3.05) is 12.3 Å². The van der Waals surface area contributed by atoms with Crippen molar-refractivity contribution in [3.05, 3.63) is 65.7 Å². The van der Waals surface area contributed by atoms with Crippen molar-refractivity contribution in [1.29, 1.82) is 0 Å². The predicted octanol–water partition coefficient (Wildman–Crippen LogP) is 3.11. The van der Waals surface area contributed by atoms with Gasteiger partial charge in [0.25, 0.3) is 5.91 Å². The predicted molar refractivity (Wildman–Crippen MR) is 76.9 cm³/mol. The average molecular weight is 288 g/mol. The summed E-state index contributed by atoms with van der Waals surface area (Å²) in [7, 11) is 0. The Kier molecular flexibility index (Phi) is 3.69. The highest BCUT2D eigenvalue weighted by Crippen LogP contribution is 2.38. The van der Waals surface area contributed by atoms with E-state index in [-0.39, 0.29) is 16.8 Å². The number of pyridine rings is 1. The van der Waals surface area contributed by atoms with Gasteiger partial charge in [0.2, 0.25) is 0 Å². The number of amides is 1. The highest BCUT2D eigenvalue weighted by Gasteiger charge is 2.32. The van der Waals surface area contributed by atoms with E-state index in [9.17, 15) is 9.18 Å². The minimum Gasteiger partial charge on any atom is -0.322 e. The highest BCUT2D eigenvalue weighted by atomic mass is 32.2. The maximum absolute atomic E-state index is 13.8. The number of nitrogens with zero attached hydrogens (tertiary/aromatic N) is 2. The van der Waals surface area contributed by atoms with E-state index < -0.39 is 5.82 Å². The molecule has 2 heterocycles. The van der Waals surface area contributed by atoms with Crippen LogP contribution in [0, 0.1) is 5.82 Å². The molecule has 2 aromatic rings. The largest absolute Gasteiger partial charge is 0.322 e. The number of halogens is 1. The molecule has 20 heavy (non-hydrogen) atoms. The van der Waals surface area contributed by atoms with Gasteiger partial charge in [0.1, 0.15) is 11.2 Å². The standard InChI is InChI=1S/C15H13FN2OS/c16-13-6-2-1-5-12(13)14(19)18-8-9-20-15(18)11-4-3-7-17-10-11/h1-7,10,15H,8-9H2. The van der Waals surface area contributed by atoms with Gasteiger partial charge in [0.05, 0.1) is 5.56 Å². The van der Waals surface area contributed by atoms with E-state index in [4.69, 9.17) is 0 Å². The van der Waals surface area contributed by atoms with E-state index in [1.54, 1.807) is 41.2 Å². The van der Waals surface area contributed by atoms with Crippen LogP contribution in [0.25, 0.3) is 0 Å². The number of thioether (sulfide) groups is 1. The minimum atomic E-state index is -0.473. The van der Waals surface area contributed by atoms with E-state index in [1.807, 2.05) is 12.1 Å². The van der Waals surface area contributed by atoms with Crippen LogP contribution in [0.5, 0.6) is 0 Å². The number of rotatable bonds is 2. The number of carbonyl (C=O) groups excluding carboxylic acids is 1. The molecule has 0 N–H and O–H groups in total. The highest BCUT2D eigenvalue weighted by molar-refractivity contribution is 7.99. The molecule has 5 heteroatoms. The molecule has 0 radical (unpaired) electrons. The van der Waals surface area contributed by atoms with Crippen molar-refractivity contribution in [3.8, 4) is 0 Å². The molecule has 1 amide bonds. The maximum atomic E-state index is 13.8. The van der Waals surface area contributed by atoms with Crippen molar-refractivity contribution >= 4 is 17.7 Å². The molecule has 1 fully saturated rings. The summed E-state index contributed by atoms with van der Waals surface area (Å²) in [5, 5.41) is -0.0872. The molecule has 0 aliphatic carbocycles. The van der Waals surface area contributed by atoms with Gasteiger partial charge in [-0.05, 0) is 18.2 Å². The van der Waals surface area contributed by atoms with E-state index >= 15 is 0 Å². The van der Waals surface area contributed by atoms with Crippen LogP contribution in [0.4, 0.5) is 4.39 Å². The van der Waals surface area contributed by atoms with Crippen LogP contribution in [0.2, 0.25) is 0 Å². The lowest BCUT2D eigenvalue weighted by Gasteiger charge is -2.24. The summed E-state index contributed by atoms with van der Waals surface area (Å²) in [5.74, 6) is 0.112. The van der Waals surface area contributed by atoms with Gasteiger partial charge in [-0.3, -0.25) is 9.78 Å². The molecule has 3 rings (SSSR count). The second-order valence-corrected chi connectivity index (χ2v) is 5.68. The third-order valence-electron chi connectivity index (χ3n) is 3.23. The van der Waals surface area contributed by atoms with E-state index in [0.717, 1.165) is 11.3 Å². The Morgan fingerprint density at radius 3 is 2.90 bits per heavy atom. The quantitative estimate of drug-likeness (QED) is 0.851. The Morgan fingerprint density at radius 1 is 1.30 bits per heavy atom. The Balaban J connectivity index is 1.90. The molecule has 0 bridgehead atoms. The van der Waals surface area contributed by atoms with Crippen LogP contribution < -0.4 is 0 Å². The van der Waals surface area contributed by atoms with Gasteiger partial charge in [0, 0.05) is 30.3 Å². The summed E-state index contributed by atoms with van der Waals surface area (Å²) < 4.78 is 13.8. The fourth-order valence-electron chi connectivity index (χ4n) is 2.27. The first-order valence-electron chi connectivity index (χ1n) is 6.34. The van der Waals surface area contributed by atoms with Crippen LogP contribution in [0.15, 0.2) is 48.8 Å². The zero-order chi connectivity index (χ0) is 13.9. The Bertz CT molecular complexity index is 620. The normalized spacial score (nSPS) is 18.2. The summed E-state index contributed by atoms with van der Waals surface area (Å²) in [5.41, 5.74) is 1.10. The van der Waals surface area contributed by atoms with Gasteiger partial charge in [-0.1, -0.05) is 18.2 Å². The molecule has 1 atom stereocenters. The minimum absolute atomic E-state index is 0.0872. The topological polar surface area (TPSA) is 33.2 Å². The van der Waals surface area contributed by atoms with Gasteiger partial charge in [0.15, 0.2) is 0 Å². The lowest BCUT2D eigenvalue weighted by molar-refractivity contribution is 0.0755. The lowest BCUT2D eigenvalue weighted by Crippen LogP contribution is -2.31. The second-order valence-electron chi connectivity index (χ2n) is 4.49. The molecular weight excluding hydrogens is 275 g/mol. The van der Waals surface area contributed by atoms with Gasteiger partial charge in [-0.2, -0.15) is 0 Å². The lowest BCUT2D eigenvalue weighted by atomic mass is 10.1.